The lowest BCUT2D eigenvalue weighted by molar-refractivity contribution is -0.151. The fourth-order valence-electron chi connectivity index (χ4n) is 2.24. The maximum Gasteiger partial charge on any atom is 0.346 e. The van der Waals surface area contributed by atoms with Crippen LogP contribution in [0.4, 0.5) is 0 Å². The third kappa shape index (κ3) is 7.64. The van der Waals surface area contributed by atoms with Gasteiger partial charge in [0.05, 0.1) is 37.9 Å². The van der Waals surface area contributed by atoms with Crippen molar-refractivity contribution in [2.24, 2.45) is 5.92 Å². The fourth-order valence-corrected chi connectivity index (χ4v) is 2.24. The third-order valence-corrected chi connectivity index (χ3v) is 3.30. The Hall–Kier alpha value is -2.64. The molecule has 0 radical (unpaired) electrons. The van der Waals surface area contributed by atoms with E-state index in [1.54, 1.807) is 33.8 Å². The highest BCUT2D eigenvalue weighted by molar-refractivity contribution is 6.20. The first-order valence-corrected chi connectivity index (χ1v) is 8.92. The summed E-state index contributed by atoms with van der Waals surface area (Å²) in [6.45, 7) is 9.83. The highest BCUT2D eigenvalue weighted by Gasteiger charge is 2.38. The SMILES string of the molecule is C=CCCC(C(=O)OCC)C(C(=O)OCC)=C(C(=O)OCC)C(=O)OCC. The lowest BCUT2D eigenvalue weighted by atomic mass is 9.89. The van der Waals surface area contributed by atoms with Crippen LogP contribution in [0, 0.1) is 5.92 Å². The van der Waals surface area contributed by atoms with Gasteiger partial charge in [0.1, 0.15) is 0 Å². The highest BCUT2D eigenvalue weighted by Crippen LogP contribution is 2.26. The number of ether oxygens (including phenoxy) is 4. The van der Waals surface area contributed by atoms with Gasteiger partial charge in [-0.05, 0) is 40.5 Å². The molecule has 1 atom stereocenters. The molecule has 27 heavy (non-hydrogen) atoms. The number of rotatable bonds is 12. The number of allylic oxidation sites excluding steroid dienone is 1. The van der Waals surface area contributed by atoms with E-state index in [4.69, 9.17) is 18.9 Å². The van der Waals surface area contributed by atoms with Crippen molar-refractivity contribution >= 4 is 23.9 Å². The van der Waals surface area contributed by atoms with Crippen LogP contribution in [0.2, 0.25) is 0 Å². The van der Waals surface area contributed by atoms with Crippen molar-refractivity contribution in [3.05, 3.63) is 23.8 Å². The first-order valence-electron chi connectivity index (χ1n) is 8.92. The molecule has 152 valence electrons. The van der Waals surface area contributed by atoms with Crippen molar-refractivity contribution in [2.75, 3.05) is 26.4 Å². The molecule has 0 bridgehead atoms. The van der Waals surface area contributed by atoms with Crippen LogP contribution in [0.25, 0.3) is 0 Å². The van der Waals surface area contributed by atoms with E-state index in [2.05, 4.69) is 6.58 Å². The van der Waals surface area contributed by atoms with Crippen molar-refractivity contribution in [2.45, 2.75) is 40.5 Å². The van der Waals surface area contributed by atoms with Gasteiger partial charge in [-0.2, -0.15) is 0 Å². The van der Waals surface area contributed by atoms with Gasteiger partial charge in [0.15, 0.2) is 5.57 Å². The van der Waals surface area contributed by atoms with E-state index in [0.29, 0.717) is 6.42 Å². The van der Waals surface area contributed by atoms with Crippen molar-refractivity contribution in [1.82, 2.24) is 0 Å². The molecular formula is C19H28O8. The molecule has 0 aliphatic rings. The summed E-state index contributed by atoms with van der Waals surface area (Å²) in [4.78, 5) is 49.9. The Morgan fingerprint density at radius 2 is 1.22 bits per heavy atom. The normalized spacial score (nSPS) is 11.0. The average molecular weight is 384 g/mol. The molecule has 0 aliphatic heterocycles. The molecule has 0 fully saturated rings. The molecular weight excluding hydrogens is 356 g/mol. The van der Waals surface area contributed by atoms with E-state index in [-0.39, 0.29) is 32.8 Å². The Labute approximate surface area is 159 Å². The van der Waals surface area contributed by atoms with E-state index < -0.39 is 40.9 Å². The number of carbonyl (C=O) groups is 4. The molecule has 0 rings (SSSR count). The molecule has 0 aromatic heterocycles. The molecule has 8 heteroatoms. The molecule has 0 N–H and O–H groups in total. The Bertz CT molecular complexity index is 556. The summed E-state index contributed by atoms with van der Waals surface area (Å²) in [5, 5.41) is 0. The standard InChI is InChI=1S/C19H28O8/c1-6-11-12-13(16(20)24-7-2)14(17(21)25-8-3)15(18(22)26-9-4)19(23)27-10-5/h6,13H,1,7-12H2,2-5H3. The second-order valence-corrected chi connectivity index (χ2v) is 5.12. The van der Waals surface area contributed by atoms with Gasteiger partial charge in [-0.3, -0.25) is 4.79 Å². The Morgan fingerprint density at radius 1 is 0.778 bits per heavy atom. The first-order chi connectivity index (χ1) is 12.9. The summed E-state index contributed by atoms with van der Waals surface area (Å²) < 4.78 is 19.8. The predicted octanol–water partition coefficient (Wildman–Crippen LogP) is 2.12. The van der Waals surface area contributed by atoms with Crippen LogP contribution in [-0.2, 0) is 38.1 Å². The molecule has 0 aromatic rings. The monoisotopic (exact) mass is 384 g/mol. The van der Waals surface area contributed by atoms with Crippen LogP contribution in [0.15, 0.2) is 23.8 Å². The van der Waals surface area contributed by atoms with E-state index in [1.807, 2.05) is 0 Å². The first kappa shape index (κ1) is 24.4. The molecule has 0 saturated heterocycles. The summed E-state index contributed by atoms with van der Waals surface area (Å²) >= 11 is 0. The number of hydrogen-bond acceptors (Lipinski definition) is 8. The van der Waals surface area contributed by atoms with Crippen molar-refractivity contribution < 1.29 is 38.1 Å². The van der Waals surface area contributed by atoms with E-state index in [0.717, 1.165) is 0 Å². The highest BCUT2D eigenvalue weighted by atomic mass is 16.6. The molecule has 0 spiro atoms. The molecule has 0 saturated carbocycles. The summed E-state index contributed by atoms with van der Waals surface area (Å²) in [7, 11) is 0. The van der Waals surface area contributed by atoms with Crippen LogP contribution >= 0.6 is 0 Å². The van der Waals surface area contributed by atoms with Gasteiger partial charge in [-0.25, -0.2) is 14.4 Å². The van der Waals surface area contributed by atoms with Gasteiger partial charge in [0.2, 0.25) is 0 Å². The minimum Gasteiger partial charge on any atom is -0.466 e. The van der Waals surface area contributed by atoms with Crippen LogP contribution in [0.3, 0.4) is 0 Å². The summed E-state index contributed by atoms with van der Waals surface area (Å²) in [5.41, 5.74) is -1.08. The van der Waals surface area contributed by atoms with Crippen molar-refractivity contribution in [1.29, 1.82) is 0 Å². The van der Waals surface area contributed by atoms with Crippen LogP contribution in [-0.4, -0.2) is 50.3 Å². The van der Waals surface area contributed by atoms with Crippen molar-refractivity contribution in [3.8, 4) is 0 Å². The quantitative estimate of drug-likeness (QED) is 0.126. The largest absolute Gasteiger partial charge is 0.466 e. The molecule has 0 heterocycles. The van der Waals surface area contributed by atoms with Gasteiger partial charge < -0.3 is 18.9 Å². The van der Waals surface area contributed by atoms with Gasteiger partial charge in [-0.15, -0.1) is 6.58 Å². The zero-order valence-corrected chi connectivity index (χ0v) is 16.4. The molecule has 1 unspecified atom stereocenters. The van der Waals surface area contributed by atoms with Gasteiger partial charge in [0.25, 0.3) is 0 Å². The number of esters is 4. The Kier molecular flexibility index (Phi) is 12.2. The average Bonchev–Trinajstić information content (AvgIpc) is 2.61. The number of hydrogen-bond donors (Lipinski definition) is 0. The minimum absolute atomic E-state index is 0.0156. The second-order valence-electron chi connectivity index (χ2n) is 5.12. The van der Waals surface area contributed by atoms with Crippen molar-refractivity contribution in [3.63, 3.8) is 0 Å². The Balaban J connectivity index is 6.56. The zero-order chi connectivity index (χ0) is 20.8. The van der Waals surface area contributed by atoms with Crippen LogP contribution in [0.1, 0.15) is 40.5 Å². The predicted molar refractivity (Wildman–Crippen MR) is 96.5 cm³/mol. The van der Waals surface area contributed by atoms with Gasteiger partial charge in [0, 0.05) is 0 Å². The van der Waals surface area contributed by atoms with Crippen LogP contribution in [0.5, 0.6) is 0 Å². The summed E-state index contributed by atoms with van der Waals surface area (Å²) in [6, 6.07) is 0. The maximum absolute atomic E-state index is 12.6. The molecule has 0 amide bonds. The Morgan fingerprint density at radius 3 is 1.63 bits per heavy atom. The molecule has 8 nitrogen and oxygen atoms in total. The smallest absolute Gasteiger partial charge is 0.346 e. The summed E-state index contributed by atoms with van der Waals surface area (Å²) in [5.74, 6) is -5.06. The number of carbonyl (C=O) groups excluding carboxylic acids is 4. The van der Waals surface area contributed by atoms with Crippen LogP contribution < -0.4 is 0 Å². The second kappa shape index (κ2) is 13.5. The molecule has 0 aliphatic carbocycles. The van der Waals surface area contributed by atoms with Gasteiger partial charge in [-0.1, -0.05) is 6.08 Å². The van der Waals surface area contributed by atoms with E-state index in [9.17, 15) is 19.2 Å². The minimum atomic E-state index is -1.20. The van der Waals surface area contributed by atoms with E-state index >= 15 is 0 Å². The third-order valence-electron chi connectivity index (χ3n) is 3.30. The lowest BCUT2D eigenvalue weighted by Gasteiger charge is -2.20. The molecule has 0 aromatic carbocycles. The maximum atomic E-state index is 12.6. The van der Waals surface area contributed by atoms with Gasteiger partial charge >= 0.3 is 23.9 Å². The van der Waals surface area contributed by atoms with E-state index in [1.165, 1.54) is 0 Å². The lowest BCUT2D eigenvalue weighted by Crippen LogP contribution is -2.31. The topological polar surface area (TPSA) is 105 Å². The summed E-state index contributed by atoms with van der Waals surface area (Å²) in [6.07, 6.45) is 1.98. The zero-order valence-electron chi connectivity index (χ0n) is 16.4. The fraction of sp³-hybridized carbons (Fsp3) is 0.579.